The molecule has 1 aliphatic rings. The maximum Gasteiger partial charge on any atom is 0.573 e. The first kappa shape index (κ1) is 24.2. The molecule has 0 amide bonds. The van der Waals surface area contributed by atoms with Gasteiger partial charge in [-0.3, -0.25) is 4.90 Å². The van der Waals surface area contributed by atoms with Gasteiger partial charge in [0.05, 0.1) is 4.90 Å². The SMILES string of the molecule is O=S(=O)(c1ccc(OC(F)(F)F)cc1)N1CCN(CC(O)COc2ccc(F)cc2)CC1. The highest BCUT2D eigenvalue weighted by molar-refractivity contribution is 7.89. The van der Waals surface area contributed by atoms with Gasteiger partial charge in [-0.25, -0.2) is 12.8 Å². The number of nitrogens with zero attached hydrogens (tertiary/aromatic N) is 2. The van der Waals surface area contributed by atoms with Crippen LogP contribution in [0.25, 0.3) is 0 Å². The summed E-state index contributed by atoms with van der Waals surface area (Å²) in [4.78, 5) is 1.75. The van der Waals surface area contributed by atoms with E-state index in [0.29, 0.717) is 18.8 Å². The van der Waals surface area contributed by atoms with Crippen LogP contribution in [0.3, 0.4) is 0 Å². The Bertz CT molecular complexity index is 977. The highest BCUT2D eigenvalue weighted by atomic mass is 32.2. The average molecular weight is 478 g/mol. The molecule has 0 bridgehead atoms. The second-order valence-corrected chi connectivity index (χ2v) is 9.08. The third kappa shape index (κ3) is 6.79. The maximum absolute atomic E-state index is 12.9. The van der Waals surface area contributed by atoms with Crippen molar-refractivity contribution in [2.24, 2.45) is 0 Å². The van der Waals surface area contributed by atoms with Gasteiger partial charge in [-0.1, -0.05) is 0 Å². The fraction of sp³-hybridized carbons (Fsp3) is 0.400. The van der Waals surface area contributed by atoms with E-state index in [-0.39, 0.29) is 31.1 Å². The molecule has 1 atom stereocenters. The van der Waals surface area contributed by atoms with E-state index in [1.807, 2.05) is 4.90 Å². The molecule has 1 aliphatic heterocycles. The first-order chi connectivity index (χ1) is 15.0. The van der Waals surface area contributed by atoms with Crippen molar-refractivity contribution in [1.82, 2.24) is 9.21 Å². The molecular formula is C20H22F4N2O5S. The van der Waals surface area contributed by atoms with Crippen LogP contribution in [-0.2, 0) is 10.0 Å². The minimum atomic E-state index is -4.86. The maximum atomic E-state index is 12.9. The lowest BCUT2D eigenvalue weighted by Crippen LogP contribution is -2.50. The van der Waals surface area contributed by atoms with Crippen LogP contribution in [-0.4, -0.2) is 74.5 Å². The van der Waals surface area contributed by atoms with E-state index in [0.717, 1.165) is 24.3 Å². The number of β-amino-alcohol motifs (C(OH)–C–C–N with tert-alkyl or cyclic N) is 1. The fourth-order valence-electron chi connectivity index (χ4n) is 3.19. The predicted octanol–water partition coefficient (Wildman–Crippen LogP) is 2.47. The largest absolute Gasteiger partial charge is 0.573 e. The molecule has 7 nitrogen and oxygen atoms in total. The van der Waals surface area contributed by atoms with Gasteiger partial charge in [-0.2, -0.15) is 4.31 Å². The number of hydrogen-bond donors (Lipinski definition) is 1. The normalized spacial score (nSPS) is 17.2. The van der Waals surface area contributed by atoms with E-state index in [4.69, 9.17) is 4.74 Å². The molecule has 2 aromatic carbocycles. The van der Waals surface area contributed by atoms with Crippen LogP contribution in [0.15, 0.2) is 53.4 Å². The number of ether oxygens (including phenoxy) is 2. The van der Waals surface area contributed by atoms with Crippen molar-refractivity contribution in [3.05, 3.63) is 54.3 Å². The van der Waals surface area contributed by atoms with Crippen LogP contribution < -0.4 is 9.47 Å². The summed E-state index contributed by atoms with van der Waals surface area (Å²) in [6.45, 7) is 1.31. The molecule has 2 aromatic rings. The first-order valence-corrected chi connectivity index (χ1v) is 11.1. The van der Waals surface area contributed by atoms with Crippen LogP contribution in [0.5, 0.6) is 11.5 Å². The Morgan fingerprint density at radius 2 is 1.50 bits per heavy atom. The lowest BCUT2D eigenvalue weighted by atomic mass is 10.3. The number of aliphatic hydroxyl groups is 1. The number of piperazine rings is 1. The molecule has 0 spiro atoms. The van der Waals surface area contributed by atoms with E-state index in [1.165, 1.54) is 28.6 Å². The molecule has 1 unspecified atom stereocenters. The van der Waals surface area contributed by atoms with Gasteiger partial charge in [-0.05, 0) is 48.5 Å². The quantitative estimate of drug-likeness (QED) is 0.588. The summed E-state index contributed by atoms with van der Waals surface area (Å²) in [6, 6.07) is 9.44. The molecule has 0 radical (unpaired) electrons. The Balaban J connectivity index is 1.48. The fourth-order valence-corrected chi connectivity index (χ4v) is 4.61. The zero-order valence-corrected chi connectivity index (χ0v) is 17.7. The van der Waals surface area contributed by atoms with Crippen molar-refractivity contribution in [3.8, 4) is 11.5 Å². The zero-order chi connectivity index (χ0) is 23.4. The lowest BCUT2D eigenvalue weighted by Gasteiger charge is -2.34. The summed E-state index contributed by atoms with van der Waals surface area (Å²) in [5, 5.41) is 10.2. The Morgan fingerprint density at radius 1 is 0.938 bits per heavy atom. The predicted molar refractivity (Wildman–Crippen MR) is 106 cm³/mol. The summed E-state index contributed by atoms with van der Waals surface area (Å²) in [5.74, 6) is -0.470. The van der Waals surface area contributed by atoms with E-state index in [9.17, 15) is 31.1 Å². The molecule has 1 saturated heterocycles. The second kappa shape index (κ2) is 10.0. The number of rotatable bonds is 8. The van der Waals surface area contributed by atoms with Gasteiger partial charge in [0.25, 0.3) is 0 Å². The van der Waals surface area contributed by atoms with Crippen LogP contribution in [0.4, 0.5) is 17.6 Å². The van der Waals surface area contributed by atoms with E-state index in [1.54, 1.807) is 0 Å². The third-order valence-electron chi connectivity index (χ3n) is 4.75. The van der Waals surface area contributed by atoms with Gasteiger partial charge in [0.15, 0.2) is 0 Å². The second-order valence-electron chi connectivity index (χ2n) is 7.14. The molecule has 176 valence electrons. The minimum Gasteiger partial charge on any atom is -0.491 e. The van der Waals surface area contributed by atoms with Crippen molar-refractivity contribution >= 4 is 10.0 Å². The molecule has 1 fully saturated rings. The van der Waals surface area contributed by atoms with Gasteiger partial charge in [0, 0.05) is 32.7 Å². The molecule has 3 rings (SSSR count). The highest BCUT2D eigenvalue weighted by Gasteiger charge is 2.32. The van der Waals surface area contributed by atoms with E-state index < -0.39 is 34.1 Å². The van der Waals surface area contributed by atoms with Crippen molar-refractivity contribution in [2.45, 2.75) is 17.4 Å². The number of halogens is 4. The summed E-state index contributed by atoms with van der Waals surface area (Å²) in [5.41, 5.74) is 0. The third-order valence-corrected chi connectivity index (χ3v) is 6.66. The number of benzene rings is 2. The molecule has 32 heavy (non-hydrogen) atoms. The van der Waals surface area contributed by atoms with Crippen LogP contribution in [0.1, 0.15) is 0 Å². The molecule has 1 heterocycles. The summed E-state index contributed by atoms with van der Waals surface area (Å²) < 4.78 is 85.5. The van der Waals surface area contributed by atoms with Crippen molar-refractivity contribution < 1.29 is 40.6 Å². The number of sulfonamides is 1. The zero-order valence-electron chi connectivity index (χ0n) is 16.8. The number of aliphatic hydroxyl groups excluding tert-OH is 1. The molecule has 1 N–H and O–H groups in total. The minimum absolute atomic E-state index is 0.00348. The van der Waals surface area contributed by atoms with E-state index >= 15 is 0 Å². The van der Waals surface area contributed by atoms with Crippen LogP contribution in [0.2, 0.25) is 0 Å². The smallest absolute Gasteiger partial charge is 0.491 e. The molecule has 0 saturated carbocycles. The Morgan fingerprint density at radius 3 is 2.06 bits per heavy atom. The Kier molecular flexibility index (Phi) is 7.59. The standard InChI is InChI=1S/C20H22F4N2O5S/c21-15-1-3-17(4-2-15)30-14-16(27)13-25-9-11-26(12-10-25)32(28,29)19-7-5-18(6-8-19)31-20(22,23)24/h1-8,16,27H,9-14H2. The number of alkyl halides is 3. The monoisotopic (exact) mass is 478 g/mol. The lowest BCUT2D eigenvalue weighted by molar-refractivity contribution is -0.274. The van der Waals surface area contributed by atoms with Gasteiger partial charge in [0.1, 0.15) is 30.0 Å². The molecule has 0 aromatic heterocycles. The summed E-state index contributed by atoms with van der Waals surface area (Å²) in [7, 11) is -3.87. The molecule has 0 aliphatic carbocycles. The van der Waals surface area contributed by atoms with Gasteiger partial charge in [-0.15, -0.1) is 13.2 Å². The molecule has 12 heteroatoms. The summed E-state index contributed by atoms with van der Waals surface area (Å²) in [6.07, 6.45) is -5.69. The van der Waals surface area contributed by atoms with Crippen molar-refractivity contribution in [2.75, 3.05) is 39.3 Å². The van der Waals surface area contributed by atoms with Crippen LogP contribution in [0, 0.1) is 5.82 Å². The van der Waals surface area contributed by atoms with Gasteiger partial charge in [0.2, 0.25) is 10.0 Å². The van der Waals surface area contributed by atoms with Gasteiger partial charge < -0.3 is 14.6 Å². The van der Waals surface area contributed by atoms with Crippen molar-refractivity contribution in [3.63, 3.8) is 0 Å². The first-order valence-electron chi connectivity index (χ1n) is 9.68. The Hall–Kier alpha value is -2.41. The highest BCUT2D eigenvalue weighted by Crippen LogP contribution is 2.25. The van der Waals surface area contributed by atoms with Crippen molar-refractivity contribution in [1.29, 1.82) is 0 Å². The molecular weight excluding hydrogens is 456 g/mol. The van der Waals surface area contributed by atoms with Gasteiger partial charge >= 0.3 is 6.36 Å². The van der Waals surface area contributed by atoms with E-state index in [2.05, 4.69) is 4.74 Å². The topological polar surface area (TPSA) is 79.3 Å². The number of hydrogen-bond acceptors (Lipinski definition) is 6. The average Bonchev–Trinajstić information content (AvgIpc) is 2.73. The Labute approximate surface area is 182 Å². The van der Waals surface area contributed by atoms with Crippen LogP contribution >= 0.6 is 0 Å². The summed E-state index contributed by atoms with van der Waals surface area (Å²) >= 11 is 0.